The van der Waals surface area contributed by atoms with Gasteiger partial charge in [0.1, 0.15) is 5.75 Å². The van der Waals surface area contributed by atoms with Gasteiger partial charge in [0.25, 0.3) is 0 Å². The van der Waals surface area contributed by atoms with Crippen LogP contribution in [0.4, 0.5) is 0 Å². The minimum Gasteiger partial charge on any atom is -0.354 e. The SMILES string of the molecule is CCN[C@H](C)CNC(=O)CS(=O)(=O)N(CC)CC.Cl. The smallest absolute Gasteiger partial charge is 0.236 e. The second-order valence-electron chi connectivity index (χ2n) is 4.10. The van der Waals surface area contributed by atoms with E-state index in [2.05, 4.69) is 10.6 Å². The summed E-state index contributed by atoms with van der Waals surface area (Å²) < 4.78 is 24.9. The maximum atomic E-state index is 11.8. The minimum absolute atomic E-state index is 0. The molecule has 0 aliphatic carbocycles. The Hall–Kier alpha value is -0.370. The van der Waals surface area contributed by atoms with Crippen molar-refractivity contribution >= 4 is 28.3 Å². The van der Waals surface area contributed by atoms with Crippen LogP contribution in [0.3, 0.4) is 0 Å². The molecule has 0 aromatic rings. The van der Waals surface area contributed by atoms with Crippen LogP contribution < -0.4 is 10.6 Å². The Labute approximate surface area is 122 Å². The fourth-order valence-corrected chi connectivity index (χ4v) is 3.02. The number of carbonyl (C=O) groups excluding carboxylic acids is 1. The van der Waals surface area contributed by atoms with Gasteiger partial charge in [-0.15, -0.1) is 12.4 Å². The lowest BCUT2D eigenvalue weighted by Crippen LogP contribution is -2.43. The molecule has 0 aliphatic rings. The van der Waals surface area contributed by atoms with Gasteiger partial charge in [-0.3, -0.25) is 4.79 Å². The number of likely N-dealkylation sites (N-methyl/N-ethyl adjacent to an activating group) is 1. The third-order valence-electron chi connectivity index (χ3n) is 2.57. The molecule has 0 radical (unpaired) electrons. The van der Waals surface area contributed by atoms with Crippen LogP contribution in [0.5, 0.6) is 0 Å². The van der Waals surface area contributed by atoms with E-state index < -0.39 is 21.7 Å². The molecule has 0 saturated carbocycles. The fraction of sp³-hybridized carbons (Fsp3) is 0.909. The van der Waals surface area contributed by atoms with Gasteiger partial charge >= 0.3 is 0 Å². The highest BCUT2D eigenvalue weighted by molar-refractivity contribution is 7.89. The molecular weight excluding hydrogens is 290 g/mol. The lowest BCUT2D eigenvalue weighted by Gasteiger charge is -2.18. The normalized spacial score (nSPS) is 12.9. The summed E-state index contributed by atoms with van der Waals surface area (Å²) in [4.78, 5) is 11.6. The first-order valence-electron chi connectivity index (χ1n) is 6.35. The van der Waals surface area contributed by atoms with E-state index in [1.807, 2.05) is 13.8 Å². The summed E-state index contributed by atoms with van der Waals surface area (Å²) in [6.45, 7) is 9.44. The molecule has 6 nitrogen and oxygen atoms in total. The third-order valence-corrected chi connectivity index (χ3v) is 4.50. The van der Waals surface area contributed by atoms with Crippen LogP contribution in [0.2, 0.25) is 0 Å². The molecule has 0 fully saturated rings. The van der Waals surface area contributed by atoms with Gasteiger partial charge in [0.05, 0.1) is 0 Å². The van der Waals surface area contributed by atoms with Crippen molar-refractivity contribution in [3.63, 3.8) is 0 Å². The van der Waals surface area contributed by atoms with Crippen LogP contribution in [0.1, 0.15) is 27.7 Å². The van der Waals surface area contributed by atoms with Crippen molar-refractivity contribution in [1.29, 1.82) is 0 Å². The van der Waals surface area contributed by atoms with E-state index in [9.17, 15) is 13.2 Å². The number of halogens is 1. The van der Waals surface area contributed by atoms with E-state index in [0.29, 0.717) is 19.6 Å². The number of rotatable bonds is 9. The van der Waals surface area contributed by atoms with Crippen molar-refractivity contribution in [2.45, 2.75) is 33.7 Å². The quantitative estimate of drug-likeness (QED) is 0.637. The molecule has 0 rings (SSSR count). The Balaban J connectivity index is 0. The Morgan fingerprint density at radius 2 is 1.74 bits per heavy atom. The van der Waals surface area contributed by atoms with E-state index >= 15 is 0 Å². The van der Waals surface area contributed by atoms with Crippen LogP contribution in [0.25, 0.3) is 0 Å². The monoisotopic (exact) mass is 315 g/mol. The van der Waals surface area contributed by atoms with Gasteiger partial charge in [-0.1, -0.05) is 20.8 Å². The zero-order valence-corrected chi connectivity index (χ0v) is 13.7. The van der Waals surface area contributed by atoms with Gasteiger partial charge in [0.2, 0.25) is 15.9 Å². The molecule has 1 atom stereocenters. The average Bonchev–Trinajstić information content (AvgIpc) is 2.27. The van der Waals surface area contributed by atoms with E-state index in [0.717, 1.165) is 6.54 Å². The van der Waals surface area contributed by atoms with E-state index in [1.165, 1.54) is 4.31 Å². The highest BCUT2D eigenvalue weighted by atomic mass is 35.5. The maximum Gasteiger partial charge on any atom is 0.236 e. The van der Waals surface area contributed by atoms with E-state index in [-0.39, 0.29) is 18.4 Å². The molecular formula is C11H26ClN3O3S. The van der Waals surface area contributed by atoms with Crippen LogP contribution in [0.15, 0.2) is 0 Å². The Kier molecular flexibility index (Phi) is 11.5. The second kappa shape index (κ2) is 10.4. The maximum absolute atomic E-state index is 11.8. The van der Waals surface area contributed by atoms with Crippen molar-refractivity contribution in [1.82, 2.24) is 14.9 Å². The zero-order chi connectivity index (χ0) is 14.2. The molecule has 8 heteroatoms. The van der Waals surface area contributed by atoms with Crippen LogP contribution in [0, 0.1) is 0 Å². The zero-order valence-electron chi connectivity index (χ0n) is 12.1. The molecule has 19 heavy (non-hydrogen) atoms. The van der Waals surface area contributed by atoms with Gasteiger partial charge in [-0.2, -0.15) is 0 Å². The summed E-state index contributed by atoms with van der Waals surface area (Å²) in [6, 6.07) is 0.134. The fourth-order valence-electron chi connectivity index (χ4n) is 1.61. The lowest BCUT2D eigenvalue weighted by molar-refractivity contribution is -0.118. The number of amides is 1. The molecule has 0 saturated heterocycles. The molecule has 0 aliphatic heterocycles. The van der Waals surface area contributed by atoms with Gasteiger partial charge in [-0.25, -0.2) is 12.7 Å². The standard InChI is InChI=1S/C11H25N3O3S.ClH/c1-5-12-10(4)8-13-11(15)9-18(16,17)14(6-2)7-3;/h10,12H,5-9H2,1-4H3,(H,13,15);1H/t10-;/m1./s1. The predicted molar refractivity (Wildman–Crippen MR) is 80.1 cm³/mol. The number of nitrogens with zero attached hydrogens (tertiary/aromatic N) is 1. The van der Waals surface area contributed by atoms with Crippen molar-refractivity contribution in [3.8, 4) is 0 Å². The van der Waals surface area contributed by atoms with Gasteiger partial charge < -0.3 is 10.6 Å². The summed E-state index contributed by atoms with van der Waals surface area (Å²) in [5.74, 6) is -0.931. The summed E-state index contributed by atoms with van der Waals surface area (Å²) >= 11 is 0. The van der Waals surface area contributed by atoms with Gasteiger partial charge in [-0.05, 0) is 13.5 Å². The summed E-state index contributed by atoms with van der Waals surface area (Å²) in [6.07, 6.45) is 0. The molecule has 2 N–H and O–H groups in total. The van der Waals surface area contributed by atoms with E-state index in [1.54, 1.807) is 13.8 Å². The summed E-state index contributed by atoms with van der Waals surface area (Å²) in [5.41, 5.74) is 0. The number of sulfonamides is 1. The minimum atomic E-state index is -3.48. The predicted octanol–water partition coefficient (Wildman–Crippen LogP) is 0.194. The third kappa shape index (κ3) is 8.41. The Bertz CT molecular complexity index is 345. The van der Waals surface area contributed by atoms with Gasteiger partial charge in [0.15, 0.2) is 0 Å². The van der Waals surface area contributed by atoms with Crippen LogP contribution >= 0.6 is 12.4 Å². The molecule has 116 valence electrons. The van der Waals surface area contributed by atoms with Gasteiger partial charge in [0, 0.05) is 25.7 Å². The Morgan fingerprint density at radius 3 is 2.16 bits per heavy atom. The highest BCUT2D eigenvalue weighted by Gasteiger charge is 2.22. The first-order valence-corrected chi connectivity index (χ1v) is 7.96. The molecule has 0 heterocycles. The number of nitrogens with one attached hydrogen (secondary N) is 2. The van der Waals surface area contributed by atoms with Crippen LogP contribution in [-0.2, 0) is 14.8 Å². The average molecular weight is 316 g/mol. The van der Waals surface area contributed by atoms with Crippen molar-refractivity contribution in [2.75, 3.05) is 31.9 Å². The number of hydrogen-bond acceptors (Lipinski definition) is 4. The van der Waals surface area contributed by atoms with Crippen molar-refractivity contribution in [3.05, 3.63) is 0 Å². The Morgan fingerprint density at radius 1 is 1.21 bits per heavy atom. The summed E-state index contributed by atoms with van der Waals surface area (Å²) in [7, 11) is -3.48. The largest absolute Gasteiger partial charge is 0.354 e. The molecule has 1 amide bonds. The molecule has 0 spiro atoms. The van der Waals surface area contributed by atoms with Crippen molar-refractivity contribution < 1.29 is 13.2 Å². The van der Waals surface area contributed by atoms with E-state index in [4.69, 9.17) is 0 Å². The van der Waals surface area contributed by atoms with Crippen molar-refractivity contribution in [2.24, 2.45) is 0 Å². The first-order chi connectivity index (χ1) is 8.37. The number of carbonyl (C=O) groups is 1. The molecule has 0 unspecified atom stereocenters. The highest BCUT2D eigenvalue weighted by Crippen LogP contribution is 2.00. The summed E-state index contributed by atoms with van der Waals surface area (Å²) in [5, 5.41) is 5.75. The number of hydrogen-bond donors (Lipinski definition) is 2. The van der Waals surface area contributed by atoms with Crippen LogP contribution in [-0.4, -0.2) is 56.6 Å². The molecule has 0 aromatic heterocycles. The lowest BCUT2D eigenvalue weighted by atomic mass is 10.3. The first kappa shape index (κ1) is 20.9. The topological polar surface area (TPSA) is 78.5 Å². The molecule has 0 bridgehead atoms. The second-order valence-corrected chi connectivity index (χ2v) is 6.07. The molecule has 0 aromatic carbocycles.